The third kappa shape index (κ3) is 9.40. The van der Waals surface area contributed by atoms with Crippen LogP contribution in [0.4, 0.5) is 16.2 Å². The van der Waals surface area contributed by atoms with Gasteiger partial charge in [0.15, 0.2) is 5.60 Å². The van der Waals surface area contributed by atoms with Crippen LogP contribution in [-0.2, 0) is 28.6 Å². The van der Waals surface area contributed by atoms with Crippen molar-refractivity contribution < 1.29 is 38.1 Å². The summed E-state index contributed by atoms with van der Waals surface area (Å²) in [4.78, 5) is 60.1. The first kappa shape index (κ1) is 37.4. The number of anilines is 2. The highest BCUT2D eigenvalue weighted by atomic mass is 16.6. The molecule has 1 N–H and O–H groups in total. The van der Waals surface area contributed by atoms with Gasteiger partial charge in [-0.3, -0.25) is 14.4 Å². The third-order valence-corrected chi connectivity index (χ3v) is 8.75. The second-order valence-corrected chi connectivity index (χ2v) is 15.2. The SMILES string of the molecule is CCOCC(CC(C)C)NC(=O)[C@H]1C[C@@H](C(=O)N(c2ccc3c(c2)N(CCOC)C(=O)C(C)(C)O3)C2CC2)CN(C(=O)OC(C)(C)C)C1. The van der Waals surface area contributed by atoms with E-state index in [4.69, 9.17) is 18.9 Å². The number of carbonyl (C=O) groups is 4. The summed E-state index contributed by atoms with van der Waals surface area (Å²) in [7, 11) is 1.59. The monoisotopic (exact) mass is 672 g/mol. The van der Waals surface area contributed by atoms with Crippen LogP contribution in [0.5, 0.6) is 5.75 Å². The van der Waals surface area contributed by atoms with Crippen molar-refractivity contribution in [1.29, 1.82) is 0 Å². The number of benzene rings is 1. The quantitative estimate of drug-likeness (QED) is 0.318. The fourth-order valence-electron chi connectivity index (χ4n) is 6.42. The Morgan fingerprint density at radius 2 is 1.81 bits per heavy atom. The molecule has 0 spiro atoms. The molecule has 268 valence electrons. The summed E-state index contributed by atoms with van der Waals surface area (Å²) in [5, 5.41) is 3.15. The van der Waals surface area contributed by atoms with Gasteiger partial charge in [-0.05, 0) is 91.3 Å². The van der Waals surface area contributed by atoms with Gasteiger partial charge < -0.3 is 39.0 Å². The average Bonchev–Trinajstić information content (AvgIpc) is 3.84. The minimum Gasteiger partial charge on any atom is -0.476 e. The lowest BCUT2D eigenvalue weighted by molar-refractivity contribution is -0.133. The van der Waals surface area contributed by atoms with Gasteiger partial charge in [0.1, 0.15) is 11.4 Å². The second kappa shape index (κ2) is 15.4. The van der Waals surface area contributed by atoms with E-state index in [9.17, 15) is 19.2 Å². The van der Waals surface area contributed by atoms with Crippen LogP contribution in [0.1, 0.15) is 81.1 Å². The molecular formula is C36H56N4O8. The molecule has 1 unspecified atom stereocenters. The number of rotatable bonds is 13. The van der Waals surface area contributed by atoms with Gasteiger partial charge in [-0.25, -0.2) is 4.79 Å². The molecule has 1 aromatic rings. The summed E-state index contributed by atoms with van der Waals surface area (Å²) in [5.74, 6) is -0.919. The highest BCUT2D eigenvalue weighted by Crippen LogP contribution is 2.43. The van der Waals surface area contributed by atoms with E-state index in [0.29, 0.717) is 49.4 Å². The normalized spacial score (nSPS) is 21.3. The Morgan fingerprint density at radius 1 is 1.12 bits per heavy atom. The summed E-state index contributed by atoms with van der Waals surface area (Å²) >= 11 is 0. The number of fused-ring (bicyclic) bond motifs is 1. The Balaban J connectivity index is 1.64. The van der Waals surface area contributed by atoms with Crippen LogP contribution in [0.15, 0.2) is 18.2 Å². The zero-order valence-corrected chi connectivity index (χ0v) is 30.3. The summed E-state index contributed by atoms with van der Waals surface area (Å²) in [5.41, 5.74) is -0.566. The Hall–Kier alpha value is -3.38. The molecule has 4 rings (SSSR count). The highest BCUT2D eigenvalue weighted by Gasteiger charge is 2.45. The first-order chi connectivity index (χ1) is 22.5. The van der Waals surface area contributed by atoms with E-state index in [0.717, 1.165) is 19.3 Å². The molecule has 1 saturated heterocycles. The molecule has 4 amide bonds. The van der Waals surface area contributed by atoms with Gasteiger partial charge in [0.2, 0.25) is 11.8 Å². The smallest absolute Gasteiger partial charge is 0.410 e. The van der Waals surface area contributed by atoms with Gasteiger partial charge in [0.25, 0.3) is 5.91 Å². The number of hydrogen-bond acceptors (Lipinski definition) is 8. The number of methoxy groups -OCH3 is 1. The van der Waals surface area contributed by atoms with Crippen molar-refractivity contribution in [3.63, 3.8) is 0 Å². The van der Waals surface area contributed by atoms with Crippen molar-refractivity contribution in [2.75, 3.05) is 56.4 Å². The van der Waals surface area contributed by atoms with Crippen molar-refractivity contribution in [2.24, 2.45) is 17.8 Å². The zero-order chi connectivity index (χ0) is 35.4. The molecule has 48 heavy (non-hydrogen) atoms. The molecular weight excluding hydrogens is 616 g/mol. The van der Waals surface area contributed by atoms with Crippen molar-refractivity contribution in [2.45, 2.75) is 104 Å². The topological polar surface area (TPSA) is 127 Å². The fraction of sp³-hybridized carbons (Fsp3) is 0.722. The molecule has 1 saturated carbocycles. The Bertz CT molecular complexity index is 1320. The van der Waals surface area contributed by atoms with E-state index < -0.39 is 29.1 Å². The van der Waals surface area contributed by atoms with Gasteiger partial charge in [-0.2, -0.15) is 0 Å². The molecule has 2 fully saturated rings. The number of piperidine rings is 1. The van der Waals surface area contributed by atoms with Crippen LogP contribution in [0, 0.1) is 17.8 Å². The molecule has 0 aromatic heterocycles. The fourth-order valence-corrected chi connectivity index (χ4v) is 6.42. The Kier molecular flexibility index (Phi) is 12.0. The first-order valence-corrected chi connectivity index (χ1v) is 17.4. The minimum atomic E-state index is -1.05. The number of ether oxygens (including phenoxy) is 4. The number of nitrogens with zero attached hydrogens (tertiary/aromatic N) is 3. The predicted molar refractivity (Wildman–Crippen MR) is 183 cm³/mol. The van der Waals surface area contributed by atoms with Crippen molar-refractivity contribution >= 4 is 35.2 Å². The third-order valence-electron chi connectivity index (χ3n) is 8.75. The van der Waals surface area contributed by atoms with Crippen LogP contribution in [0.25, 0.3) is 0 Å². The Labute approximate surface area is 285 Å². The van der Waals surface area contributed by atoms with E-state index in [2.05, 4.69) is 19.2 Å². The lowest BCUT2D eigenvalue weighted by Gasteiger charge is -2.40. The van der Waals surface area contributed by atoms with Gasteiger partial charge in [0, 0.05) is 45.1 Å². The largest absolute Gasteiger partial charge is 0.476 e. The number of hydrogen-bond donors (Lipinski definition) is 1. The van der Waals surface area contributed by atoms with E-state index in [-0.39, 0.29) is 49.3 Å². The van der Waals surface area contributed by atoms with Crippen LogP contribution in [0.3, 0.4) is 0 Å². The van der Waals surface area contributed by atoms with Gasteiger partial charge in [-0.1, -0.05) is 13.8 Å². The van der Waals surface area contributed by atoms with Gasteiger partial charge in [-0.15, -0.1) is 0 Å². The average molecular weight is 673 g/mol. The maximum atomic E-state index is 14.6. The van der Waals surface area contributed by atoms with Crippen molar-refractivity contribution in [1.82, 2.24) is 10.2 Å². The van der Waals surface area contributed by atoms with Crippen LogP contribution >= 0.6 is 0 Å². The molecule has 3 aliphatic rings. The highest BCUT2D eigenvalue weighted by molar-refractivity contribution is 6.04. The van der Waals surface area contributed by atoms with Gasteiger partial charge >= 0.3 is 6.09 Å². The van der Waals surface area contributed by atoms with E-state index in [1.54, 1.807) is 57.6 Å². The van der Waals surface area contributed by atoms with Crippen LogP contribution in [0.2, 0.25) is 0 Å². The number of carbonyl (C=O) groups excluding carboxylic acids is 4. The summed E-state index contributed by atoms with van der Waals surface area (Å²) in [6, 6.07) is 5.28. The van der Waals surface area contributed by atoms with Crippen molar-refractivity contribution in [3.05, 3.63) is 18.2 Å². The standard InChI is InChI=1S/C36H56N4O8/c1-10-46-22-26(17-23(2)3)37-31(41)24-18-25(21-38(20-24)34(44)48-35(4,5)6)32(42)40(27-11-12-27)28-13-14-30-29(19-28)39(15-16-45-9)33(43)36(7,8)47-30/h13-14,19,23-27H,10-12,15-18,20-22H2,1-9H3,(H,37,41)/t24-,25+,26?/m0/s1. The minimum absolute atomic E-state index is 0.0228. The zero-order valence-electron chi connectivity index (χ0n) is 30.3. The molecule has 2 aliphatic heterocycles. The van der Waals surface area contributed by atoms with E-state index in [1.165, 1.54) is 4.90 Å². The number of likely N-dealkylation sites (tertiary alicyclic amines) is 1. The van der Waals surface area contributed by atoms with E-state index >= 15 is 0 Å². The van der Waals surface area contributed by atoms with Crippen LogP contribution in [-0.4, -0.2) is 98.6 Å². The Morgan fingerprint density at radius 3 is 2.42 bits per heavy atom. The molecule has 0 radical (unpaired) electrons. The lowest BCUT2D eigenvalue weighted by atomic mass is 9.87. The summed E-state index contributed by atoms with van der Waals surface area (Å²) in [6.45, 7) is 16.9. The summed E-state index contributed by atoms with van der Waals surface area (Å²) in [6.07, 6.45) is 2.15. The molecule has 1 aromatic carbocycles. The number of amides is 4. The number of nitrogens with one attached hydrogen (secondary N) is 1. The maximum Gasteiger partial charge on any atom is 0.410 e. The van der Waals surface area contributed by atoms with Gasteiger partial charge in [0.05, 0.1) is 36.8 Å². The molecule has 2 heterocycles. The van der Waals surface area contributed by atoms with Crippen molar-refractivity contribution in [3.8, 4) is 5.75 Å². The predicted octanol–water partition coefficient (Wildman–Crippen LogP) is 4.77. The van der Waals surface area contributed by atoms with Crippen LogP contribution < -0.4 is 19.9 Å². The molecule has 12 heteroatoms. The summed E-state index contributed by atoms with van der Waals surface area (Å²) < 4.78 is 22.7. The molecule has 0 bridgehead atoms. The van der Waals surface area contributed by atoms with E-state index in [1.807, 2.05) is 19.1 Å². The molecule has 3 atom stereocenters. The second-order valence-electron chi connectivity index (χ2n) is 15.2. The molecule has 12 nitrogen and oxygen atoms in total. The lowest BCUT2D eigenvalue weighted by Crippen LogP contribution is -2.55. The molecule has 1 aliphatic carbocycles. The first-order valence-electron chi connectivity index (χ1n) is 17.4. The maximum absolute atomic E-state index is 14.6.